The highest BCUT2D eigenvalue weighted by molar-refractivity contribution is 6.03. The van der Waals surface area contributed by atoms with E-state index in [1.807, 2.05) is 57.4 Å². The Morgan fingerprint density at radius 1 is 1.23 bits per heavy atom. The second kappa shape index (κ2) is 12.6. The quantitative estimate of drug-likeness (QED) is 0.327. The molecule has 224 valence electrons. The summed E-state index contributed by atoms with van der Waals surface area (Å²) < 4.78 is 13.5. The van der Waals surface area contributed by atoms with Crippen LogP contribution in [-0.2, 0) is 9.53 Å². The maximum absolute atomic E-state index is 12.4. The van der Waals surface area contributed by atoms with Crippen LogP contribution < -0.4 is 20.3 Å². The second-order valence-electron chi connectivity index (χ2n) is 10.9. The third kappa shape index (κ3) is 5.93. The molecule has 1 atom stereocenters. The van der Waals surface area contributed by atoms with Gasteiger partial charge in [0.25, 0.3) is 0 Å². The lowest BCUT2D eigenvalue weighted by atomic mass is 10.0. The van der Waals surface area contributed by atoms with Crippen LogP contribution in [0.25, 0.3) is 16.6 Å². The minimum Gasteiger partial charge on any atom is -0.495 e. The van der Waals surface area contributed by atoms with Crippen molar-refractivity contribution in [2.75, 3.05) is 77.1 Å². The molecule has 1 saturated heterocycles. The summed E-state index contributed by atoms with van der Waals surface area (Å²) >= 11 is 0. The molecule has 2 aromatic carbocycles. The van der Waals surface area contributed by atoms with E-state index in [0.717, 1.165) is 40.9 Å². The topological polar surface area (TPSA) is 110 Å². The Kier molecular flexibility index (Phi) is 8.71. The van der Waals surface area contributed by atoms with E-state index < -0.39 is 6.29 Å². The third-order valence-electron chi connectivity index (χ3n) is 7.79. The zero-order chi connectivity index (χ0) is 30.7. The fourth-order valence-corrected chi connectivity index (χ4v) is 5.31. The molecule has 0 spiro atoms. The van der Waals surface area contributed by atoms with E-state index in [0.29, 0.717) is 35.9 Å². The number of nitrogens with one attached hydrogen (secondary N) is 2. The van der Waals surface area contributed by atoms with Gasteiger partial charge in [-0.1, -0.05) is 24.8 Å². The van der Waals surface area contributed by atoms with Crippen LogP contribution in [0.1, 0.15) is 11.6 Å². The first-order valence-corrected chi connectivity index (χ1v) is 14.1. The number of nitrogens with zero attached hydrogens (tertiary/aromatic N) is 6. The molecule has 2 aliphatic heterocycles. The van der Waals surface area contributed by atoms with Crippen LogP contribution in [0.4, 0.5) is 17.1 Å². The molecular weight excluding hydrogens is 544 g/mol. The molecule has 0 aliphatic carbocycles. The monoisotopic (exact) mass is 582 g/mol. The maximum Gasteiger partial charge on any atom is 0.247 e. The Morgan fingerprint density at radius 2 is 2.00 bits per heavy atom. The molecule has 2 aliphatic rings. The summed E-state index contributed by atoms with van der Waals surface area (Å²) in [6.45, 7) is 6.50. The van der Waals surface area contributed by atoms with E-state index in [9.17, 15) is 10.1 Å². The zero-order valence-electron chi connectivity index (χ0n) is 25.3. The number of allylic oxidation sites excluding steroid dienone is 1. The van der Waals surface area contributed by atoms with Crippen LogP contribution in [0, 0.1) is 11.3 Å². The summed E-state index contributed by atoms with van der Waals surface area (Å²) in [5, 5.41) is 17.6. The first kappa shape index (κ1) is 29.7. The molecule has 1 amide bonds. The second-order valence-corrected chi connectivity index (χ2v) is 10.9. The molecule has 43 heavy (non-hydrogen) atoms. The van der Waals surface area contributed by atoms with Gasteiger partial charge in [-0.05, 0) is 32.3 Å². The summed E-state index contributed by atoms with van der Waals surface area (Å²) in [5.74, 6) is 0.272. The molecule has 3 aromatic rings. The number of carbonyl (C=O) groups excluding carboxylic acids is 1. The molecule has 5 rings (SSSR count). The third-order valence-corrected chi connectivity index (χ3v) is 7.79. The van der Waals surface area contributed by atoms with Gasteiger partial charge < -0.3 is 39.4 Å². The summed E-state index contributed by atoms with van der Waals surface area (Å²) in [5.41, 5.74) is 5.32. The number of carbonyl (C=O) groups is 1. The lowest BCUT2D eigenvalue weighted by molar-refractivity contribution is -0.111. The normalized spacial score (nSPS) is 16.7. The van der Waals surface area contributed by atoms with E-state index in [2.05, 4.69) is 61.0 Å². The van der Waals surface area contributed by atoms with Gasteiger partial charge in [0, 0.05) is 62.1 Å². The number of fused-ring (bicyclic) bond motifs is 1. The number of likely N-dealkylation sites (N-methyl/N-ethyl adjacent to an activating group) is 2. The Labute approximate surface area is 252 Å². The van der Waals surface area contributed by atoms with Crippen LogP contribution in [-0.4, -0.2) is 94.4 Å². The van der Waals surface area contributed by atoms with E-state index in [-0.39, 0.29) is 11.9 Å². The molecule has 1 fully saturated rings. The number of rotatable bonds is 11. The van der Waals surface area contributed by atoms with Crippen molar-refractivity contribution in [3.63, 3.8) is 0 Å². The average molecular weight is 583 g/mol. The highest BCUT2D eigenvalue weighted by Crippen LogP contribution is 2.40. The fraction of sp³-hybridized carbons (Fsp3) is 0.344. The predicted octanol–water partition coefficient (Wildman–Crippen LogP) is 3.99. The van der Waals surface area contributed by atoms with Crippen molar-refractivity contribution in [2.24, 2.45) is 4.99 Å². The van der Waals surface area contributed by atoms with E-state index in [4.69, 9.17) is 9.47 Å². The Balaban J connectivity index is 1.51. The van der Waals surface area contributed by atoms with Gasteiger partial charge in [0.05, 0.1) is 54.7 Å². The van der Waals surface area contributed by atoms with Gasteiger partial charge in [-0.25, -0.2) is 4.99 Å². The van der Waals surface area contributed by atoms with E-state index in [1.54, 1.807) is 13.3 Å². The van der Waals surface area contributed by atoms with Gasteiger partial charge in [-0.15, -0.1) is 0 Å². The number of methoxy groups -OCH3 is 1. The molecule has 11 nitrogen and oxygen atoms in total. The maximum atomic E-state index is 12.4. The summed E-state index contributed by atoms with van der Waals surface area (Å²) in [7, 11) is 9.53. The van der Waals surface area contributed by atoms with Crippen molar-refractivity contribution in [1.29, 1.82) is 5.26 Å². The van der Waals surface area contributed by atoms with Gasteiger partial charge >= 0.3 is 0 Å². The standard InChI is InChI=1S/C32H38N8O3/c1-7-30(41)35-25-14-26(29(42-6)15-28(25)38(4)13-12-37(2)3)36-32-34-17-21(16-33)31(39(32)5)24-18-40(22-19-43-20-22)27-11-9-8-10-23(24)27/h7-11,14-15,17-18,22,32,36H,1,12-13,19-20H2,2-6H3,(H,35,41). The molecule has 0 saturated carbocycles. The number of anilines is 3. The minimum absolute atomic E-state index is 0.254. The molecule has 3 heterocycles. The summed E-state index contributed by atoms with van der Waals surface area (Å²) in [4.78, 5) is 23.2. The van der Waals surface area contributed by atoms with Crippen LogP contribution in [0.2, 0.25) is 0 Å². The number of amides is 1. The number of hydrogen-bond donors (Lipinski definition) is 2. The predicted molar refractivity (Wildman–Crippen MR) is 172 cm³/mol. The molecule has 2 N–H and O–H groups in total. The molecule has 1 aromatic heterocycles. The Hall–Kier alpha value is -4.79. The number of nitriles is 1. The largest absolute Gasteiger partial charge is 0.495 e. The number of ether oxygens (including phenoxy) is 2. The SMILES string of the molecule is C=CC(=O)Nc1cc(NC2N=CC(C#N)=C(c3cn(C4COC4)c4ccccc34)N2C)c(OC)cc1N(C)CCN(C)C. The van der Waals surface area contributed by atoms with Crippen LogP contribution in [0.5, 0.6) is 5.75 Å². The van der Waals surface area contributed by atoms with E-state index in [1.165, 1.54) is 6.08 Å². The smallest absolute Gasteiger partial charge is 0.247 e. The molecule has 0 radical (unpaired) electrons. The van der Waals surface area contributed by atoms with Gasteiger partial charge in [-0.2, -0.15) is 5.26 Å². The summed E-state index contributed by atoms with van der Waals surface area (Å²) in [6, 6.07) is 14.5. The lowest BCUT2D eigenvalue weighted by Gasteiger charge is -2.34. The van der Waals surface area contributed by atoms with E-state index >= 15 is 0 Å². The van der Waals surface area contributed by atoms with Gasteiger partial charge in [0.1, 0.15) is 11.8 Å². The van der Waals surface area contributed by atoms with Crippen molar-refractivity contribution >= 4 is 45.8 Å². The lowest BCUT2D eigenvalue weighted by Crippen LogP contribution is -2.38. The molecule has 1 unspecified atom stereocenters. The van der Waals surface area contributed by atoms with Crippen LogP contribution >= 0.6 is 0 Å². The van der Waals surface area contributed by atoms with Crippen molar-refractivity contribution in [2.45, 2.75) is 12.3 Å². The first-order valence-electron chi connectivity index (χ1n) is 14.1. The number of hydrogen-bond acceptors (Lipinski definition) is 9. The first-order chi connectivity index (χ1) is 20.7. The van der Waals surface area contributed by atoms with Crippen LogP contribution in [0.15, 0.2) is 65.8 Å². The highest BCUT2D eigenvalue weighted by Gasteiger charge is 2.30. The van der Waals surface area contributed by atoms with Crippen molar-refractivity contribution in [3.8, 4) is 11.8 Å². The van der Waals surface area contributed by atoms with Crippen molar-refractivity contribution in [1.82, 2.24) is 14.4 Å². The zero-order valence-corrected chi connectivity index (χ0v) is 25.3. The van der Waals surface area contributed by atoms with Gasteiger partial charge in [-0.3, -0.25) is 4.79 Å². The fourth-order valence-electron chi connectivity index (χ4n) is 5.31. The Bertz CT molecular complexity index is 1630. The number of para-hydroxylation sites is 1. The van der Waals surface area contributed by atoms with Crippen LogP contribution in [0.3, 0.4) is 0 Å². The molecular formula is C32H38N8O3. The number of benzene rings is 2. The van der Waals surface area contributed by atoms with Crippen molar-refractivity contribution < 1.29 is 14.3 Å². The molecule has 0 bridgehead atoms. The number of aromatic nitrogens is 1. The summed E-state index contributed by atoms with van der Waals surface area (Å²) in [6.07, 6.45) is 4.41. The highest BCUT2D eigenvalue weighted by atomic mass is 16.5. The van der Waals surface area contributed by atoms with Gasteiger partial charge in [0.2, 0.25) is 5.91 Å². The Morgan fingerprint density at radius 3 is 2.65 bits per heavy atom. The minimum atomic E-state index is -0.560. The molecule has 11 heteroatoms. The van der Waals surface area contributed by atoms with Crippen molar-refractivity contribution in [3.05, 3.63) is 66.4 Å². The number of aliphatic imine (C=N–C) groups is 1. The van der Waals surface area contributed by atoms with Gasteiger partial charge in [0.15, 0.2) is 6.29 Å². The average Bonchev–Trinajstić information content (AvgIpc) is 3.34.